The first kappa shape index (κ1) is 16.6. The Morgan fingerprint density at radius 2 is 2.16 bits per heavy atom. The van der Waals surface area contributed by atoms with E-state index in [1.54, 1.807) is 29.1 Å². The molecule has 1 aliphatic heterocycles. The predicted octanol–water partition coefficient (Wildman–Crippen LogP) is 3.15. The molecule has 4 rings (SSSR count). The molecule has 25 heavy (non-hydrogen) atoms. The van der Waals surface area contributed by atoms with Gasteiger partial charge in [-0.15, -0.1) is 22.7 Å². The van der Waals surface area contributed by atoms with Gasteiger partial charge in [0.25, 0.3) is 10.0 Å². The fraction of sp³-hybridized carbons (Fsp3) is 0.250. The van der Waals surface area contributed by atoms with Crippen molar-refractivity contribution in [3.63, 3.8) is 0 Å². The summed E-state index contributed by atoms with van der Waals surface area (Å²) in [6.07, 6.45) is 1.20. The number of rotatable bonds is 4. The average molecular weight is 394 g/mol. The third-order valence-electron chi connectivity index (χ3n) is 4.16. The monoisotopic (exact) mass is 393 g/mol. The van der Waals surface area contributed by atoms with Gasteiger partial charge in [0.05, 0.1) is 15.7 Å². The molecule has 3 heterocycles. The molecule has 0 radical (unpaired) electrons. The summed E-state index contributed by atoms with van der Waals surface area (Å²) in [6.45, 7) is 0.367. The van der Waals surface area contributed by atoms with E-state index in [0.717, 1.165) is 10.2 Å². The third-order valence-corrected chi connectivity index (χ3v) is 8.24. The van der Waals surface area contributed by atoms with Gasteiger partial charge >= 0.3 is 0 Å². The van der Waals surface area contributed by atoms with Crippen LogP contribution < -0.4 is 5.32 Å². The van der Waals surface area contributed by atoms with Gasteiger partial charge in [0.1, 0.15) is 10.3 Å². The average Bonchev–Trinajstić information content (AvgIpc) is 3.33. The van der Waals surface area contributed by atoms with Gasteiger partial charge in [0, 0.05) is 12.2 Å². The summed E-state index contributed by atoms with van der Waals surface area (Å²) < 4.78 is 28.1. The van der Waals surface area contributed by atoms with Crippen LogP contribution in [0.15, 0.2) is 45.4 Å². The standard InChI is InChI=1S/C16H15N3O3S3/c20-16(18-11-5-6-12-14(9-11)24-10-17-12)13-3-1-7-19(13)25(21,22)15-4-2-8-23-15/h2,4-6,8-10,13H,1,3,7H2,(H,18,20)/t13-/m0/s1. The van der Waals surface area contributed by atoms with E-state index in [9.17, 15) is 13.2 Å². The van der Waals surface area contributed by atoms with Crippen LogP contribution in [0.2, 0.25) is 0 Å². The van der Waals surface area contributed by atoms with E-state index in [1.807, 2.05) is 12.1 Å². The maximum atomic E-state index is 12.8. The zero-order chi connectivity index (χ0) is 17.4. The van der Waals surface area contributed by atoms with E-state index < -0.39 is 16.1 Å². The summed E-state index contributed by atoms with van der Waals surface area (Å²) in [7, 11) is -3.62. The maximum Gasteiger partial charge on any atom is 0.253 e. The number of amides is 1. The summed E-state index contributed by atoms with van der Waals surface area (Å²) in [5.41, 5.74) is 3.29. The Bertz CT molecular complexity index is 1010. The first-order valence-electron chi connectivity index (χ1n) is 7.75. The fourth-order valence-corrected chi connectivity index (χ4v) is 6.47. The molecule has 2 aromatic heterocycles. The Morgan fingerprint density at radius 1 is 1.28 bits per heavy atom. The molecule has 1 atom stereocenters. The molecule has 130 valence electrons. The number of hydrogen-bond acceptors (Lipinski definition) is 6. The molecular formula is C16H15N3O3S3. The van der Waals surface area contributed by atoms with Gasteiger partial charge in [0.2, 0.25) is 5.91 Å². The van der Waals surface area contributed by atoms with Crippen LogP contribution in [0.5, 0.6) is 0 Å². The number of sulfonamides is 1. The summed E-state index contributed by atoms with van der Waals surface area (Å²) in [5, 5.41) is 4.57. The minimum absolute atomic E-state index is 0.276. The summed E-state index contributed by atoms with van der Waals surface area (Å²) in [5.74, 6) is -0.290. The van der Waals surface area contributed by atoms with Crippen molar-refractivity contribution in [2.75, 3.05) is 11.9 Å². The highest BCUT2D eigenvalue weighted by molar-refractivity contribution is 7.91. The van der Waals surface area contributed by atoms with Gasteiger partial charge in [-0.1, -0.05) is 6.07 Å². The van der Waals surface area contributed by atoms with Crippen molar-refractivity contribution in [2.24, 2.45) is 0 Å². The number of anilines is 1. The number of thiophene rings is 1. The van der Waals surface area contributed by atoms with Crippen LogP contribution in [0.1, 0.15) is 12.8 Å². The summed E-state index contributed by atoms with van der Waals surface area (Å²) in [6, 6.07) is 8.09. The fourth-order valence-electron chi connectivity index (χ4n) is 2.97. The van der Waals surface area contributed by atoms with Crippen molar-refractivity contribution >= 4 is 54.5 Å². The molecule has 1 saturated heterocycles. The smallest absolute Gasteiger partial charge is 0.253 e. The lowest BCUT2D eigenvalue weighted by Gasteiger charge is -2.22. The maximum absolute atomic E-state index is 12.8. The molecule has 1 aliphatic rings. The van der Waals surface area contributed by atoms with Crippen LogP contribution in [0, 0.1) is 0 Å². The second-order valence-electron chi connectivity index (χ2n) is 5.73. The Balaban J connectivity index is 1.56. The van der Waals surface area contributed by atoms with Gasteiger partial charge in [-0.2, -0.15) is 4.31 Å². The first-order chi connectivity index (χ1) is 12.1. The Kier molecular flexibility index (Phi) is 4.32. The van der Waals surface area contributed by atoms with Crippen molar-refractivity contribution in [2.45, 2.75) is 23.1 Å². The number of benzene rings is 1. The van der Waals surface area contributed by atoms with Crippen LogP contribution in [0.4, 0.5) is 5.69 Å². The molecular weight excluding hydrogens is 378 g/mol. The van der Waals surface area contributed by atoms with Gasteiger partial charge in [0.15, 0.2) is 0 Å². The molecule has 1 aromatic carbocycles. The van der Waals surface area contributed by atoms with Gasteiger partial charge in [-0.25, -0.2) is 13.4 Å². The van der Waals surface area contributed by atoms with Gasteiger partial charge < -0.3 is 5.32 Å². The highest BCUT2D eigenvalue weighted by atomic mass is 32.2. The molecule has 0 spiro atoms. The lowest BCUT2D eigenvalue weighted by Crippen LogP contribution is -2.42. The molecule has 0 bridgehead atoms. The van der Waals surface area contributed by atoms with Crippen molar-refractivity contribution in [3.05, 3.63) is 41.2 Å². The number of nitrogens with zero attached hydrogens (tertiary/aromatic N) is 2. The SMILES string of the molecule is O=C(Nc1ccc2ncsc2c1)[C@@H]1CCCN1S(=O)(=O)c1cccs1. The van der Waals surface area contributed by atoms with E-state index >= 15 is 0 Å². The number of nitrogens with one attached hydrogen (secondary N) is 1. The highest BCUT2D eigenvalue weighted by Gasteiger charge is 2.39. The van der Waals surface area contributed by atoms with Gasteiger partial charge in [-0.3, -0.25) is 4.79 Å². The topological polar surface area (TPSA) is 79.4 Å². The van der Waals surface area contributed by atoms with E-state index in [-0.39, 0.29) is 10.1 Å². The highest BCUT2D eigenvalue weighted by Crippen LogP contribution is 2.29. The van der Waals surface area contributed by atoms with Crippen molar-refractivity contribution in [3.8, 4) is 0 Å². The molecule has 1 fully saturated rings. The zero-order valence-corrected chi connectivity index (χ0v) is 15.5. The van der Waals surface area contributed by atoms with Crippen LogP contribution in [0.3, 0.4) is 0 Å². The molecule has 9 heteroatoms. The normalized spacial score (nSPS) is 18.6. The minimum Gasteiger partial charge on any atom is -0.325 e. The Morgan fingerprint density at radius 3 is 2.96 bits per heavy atom. The van der Waals surface area contributed by atoms with Crippen LogP contribution in [-0.4, -0.2) is 36.2 Å². The molecule has 1 amide bonds. The second kappa shape index (κ2) is 6.49. The van der Waals surface area contributed by atoms with E-state index in [2.05, 4.69) is 10.3 Å². The first-order valence-corrected chi connectivity index (χ1v) is 10.9. The molecule has 0 unspecified atom stereocenters. The largest absolute Gasteiger partial charge is 0.325 e. The number of carbonyl (C=O) groups excluding carboxylic acids is 1. The zero-order valence-electron chi connectivity index (χ0n) is 13.1. The van der Waals surface area contributed by atoms with Crippen molar-refractivity contribution in [1.82, 2.24) is 9.29 Å². The molecule has 1 N–H and O–H groups in total. The van der Waals surface area contributed by atoms with Crippen molar-refractivity contribution in [1.29, 1.82) is 0 Å². The lowest BCUT2D eigenvalue weighted by atomic mass is 10.2. The summed E-state index contributed by atoms with van der Waals surface area (Å²) in [4.78, 5) is 16.9. The third kappa shape index (κ3) is 3.08. The van der Waals surface area contributed by atoms with Crippen LogP contribution in [0.25, 0.3) is 10.2 Å². The predicted molar refractivity (Wildman–Crippen MR) is 99.5 cm³/mol. The quantitative estimate of drug-likeness (QED) is 0.738. The molecule has 0 saturated carbocycles. The number of aromatic nitrogens is 1. The van der Waals surface area contributed by atoms with E-state index in [1.165, 1.54) is 27.0 Å². The van der Waals surface area contributed by atoms with Gasteiger partial charge in [-0.05, 0) is 42.5 Å². The van der Waals surface area contributed by atoms with Crippen LogP contribution in [-0.2, 0) is 14.8 Å². The number of hydrogen-bond donors (Lipinski definition) is 1. The lowest BCUT2D eigenvalue weighted by molar-refractivity contribution is -0.119. The number of thiazole rings is 1. The molecule has 6 nitrogen and oxygen atoms in total. The number of fused-ring (bicyclic) bond motifs is 1. The number of carbonyl (C=O) groups is 1. The minimum atomic E-state index is -3.62. The summed E-state index contributed by atoms with van der Waals surface area (Å²) >= 11 is 2.67. The van der Waals surface area contributed by atoms with Crippen molar-refractivity contribution < 1.29 is 13.2 Å². The van der Waals surface area contributed by atoms with E-state index in [0.29, 0.717) is 25.1 Å². The second-order valence-corrected chi connectivity index (χ2v) is 9.68. The Labute approximate surface area is 153 Å². The molecule has 0 aliphatic carbocycles. The Hall–Kier alpha value is -1.81. The van der Waals surface area contributed by atoms with E-state index in [4.69, 9.17) is 0 Å². The molecule has 3 aromatic rings. The van der Waals surface area contributed by atoms with Crippen LogP contribution >= 0.6 is 22.7 Å².